The molecule has 0 bridgehead atoms. The maximum absolute atomic E-state index is 10.6. The van der Waals surface area contributed by atoms with Crippen molar-refractivity contribution in [3.05, 3.63) is 35.5 Å². The number of H-pyrrole nitrogens is 1. The molecule has 60 valence electrons. The highest BCUT2D eigenvalue weighted by Gasteiger charge is 2.02. The number of aromatic amines is 1. The van der Waals surface area contributed by atoms with E-state index in [0.29, 0.717) is 0 Å². The fourth-order valence-corrected chi connectivity index (χ4v) is 1.43. The van der Waals surface area contributed by atoms with Gasteiger partial charge in [-0.1, -0.05) is 18.2 Å². The van der Waals surface area contributed by atoms with E-state index in [1.807, 2.05) is 25.1 Å². The van der Waals surface area contributed by atoms with Gasteiger partial charge in [0.1, 0.15) is 0 Å². The summed E-state index contributed by atoms with van der Waals surface area (Å²) in [4.78, 5) is 13.6. The summed E-state index contributed by atoms with van der Waals surface area (Å²) in [6.45, 7) is 2.02. The lowest BCUT2D eigenvalue weighted by Gasteiger charge is -1.93. The third-order valence-electron chi connectivity index (χ3n) is 2.08. The number of nitrogens with one attached hydrogen (secondary N) is 1. The van der Waals surface area contributed by atoms with Gasteiger partial charge in [0.05, 0.1) is 0 Å². The molecule has 0 spiro atoms. The SMILES string of the molecule is Cc1cccc2c(C=O)c[nH]c12. The average molecular weight is 159 g/mol. The maximum atomic E-state index is 10.6. The number of benzene rings is 1. The molecule has 0 aliphatic carbocycles. The van der Waals surface area contributed by atoms with E-state index in [4.69, 9.17) is 0 Å². The number of aldehydes is 1. The summed E-state index contributed by atoms with van der Waals surface area (Å²) in [5.41, 5.74) is 2.95. The highest BCUT2D eigenvalue weighted by molar-refractivity contribution is 5.98. The largest absolute Gasteiger partial charge is 0.360 e. The summed E-state index contributed by atoms with van der Waals surface area (Å²) in [6, 6.07) is 5.93. The fraction of sp³-hybridized carbons (Fsp3) is 0.100. The van der Waals surface area contributed by atoms with Gasteiger partial charge in [-0.2, -0.15) is 0 Å². The van der Waals surface area contributed by atoms with E-state index in [1.165, 1.54) is 5.56 Å². The Kier molecular flexibility index (Phi) is 1.47. The second-order valence-corrected chi connectivity index (χ2v) is 2.86. The van der Waals surface area contributed by atoms with Gasteiger partial charge in [-0.25, -0.2) is 0 Å². The zero-order valence-corrected chi connectivity index (χ0v) is 6.79. The minimum absolute atomic E-state index is 0.730. The molecule has 1 N–H and O–H groups in total. The van der Waals surface area contributed by atoms with Gasteiger partial charge in [0.25, 0.3) is 0 Å². The van der Waals surface area contributed by atoms with Crippen LogP contribution in [0.2, 0.25) is 0 Å². The van der Waals surface area contributed by atoms with Crippen molar-refractivity contribution >= 4 is 17.2 Å². The number of fused-ring (bicyclic) bond motifs is 1. The van der Waals surface area contributed by atoms with Crippen LogP contribution in [0.1, 0.15) is 15.9 Å². The lowest BCUT2D eigenvalue weighted by Crippen LogP contribution is -1.76. The summed E-state index contributed by atoms with van der Waals surface area (Å²) in [5.74, 6) is 0. The van der Waals surface area contributed by atoms with Crippen LogP contribution in [0, 0.1) is 6.92 Å². The van der Waals surface area contributed by atoms with Crippen LogP contribution >= 0.6 is 0 Å². The molecule has 0 saturated carbocycles. The van der Waals surface area contributed by atoms with E-state index in [2.05, 4.69) is 4.98 Å². The van der Waals surface area contributed by atoms with E-state index in [9.17, 15) is 4.79 Å². The molecule has 0 aliphatic rings. The normalized spacial score (nSPS) is 10.4. The molecule has 0 radical (unpaired) electrons. The number of aryl methyl sites for hydroxylation is 1. The summed E-state index contributed by atoms with van der Waals surface area (Å²) in [7, 11) is 0. The van der Waals surface area contributed by atoms with Crippen LogP contribution in [0.15, 0.2) is 24.4 Å². The Balaban J connectivity index is 2.88. The van der Waals surface area contributed by atoms with Crippen LogP contribution in [0.3, 0.4) is 0 Å². The molecule has 0 amide bonds. The van der Waals surface area contributed by atoms with Gasteiger partial charge in [-0.15, -0.1) is 0 Å². The molecule has 2 aromatic rings. The lowest BCUT2D eigenvalue weighted by molar-refractivity contribution is 0.112. The average Bonchev–Trinajstić information content (AvgIpc) is 2.49. The van der Waals surface area contributed by atoms with Crippen LogP contribution in [-0.2, 0) is 0 Å². The van der Waals surface area contributed by atoms with Crippen molar-refractivity contribution in [3.63, 3.8) is 0 Å². The summed E-state index contributed by atoms with van der Waals surface area (Å²) in [6.07, 6.45) is 2.61. The Bertz CT molecular complexity index is 428. The topological polar surface area (TPSA) is 32.9 Å². The fourth-order valence-electron chi connectivity index (χ4n) is 1.43. The van der Waals surface area contributed by atoms with Gasteiger partial charge in [-0.05, 0) is 12.5 Å². The van der Waals surface area contributed by atoms with Crippen molar-refractivity contribution in [2.45, 2.75) is 6.92 Å². The molecular formula is C10H9NO. The number of carbonyl (C=O) groups is 1. The van der Waals surface area contributed by atoms with Crippen LogP contribution < -0.4 is 0 Å². The van der Waals surface area contributed by atoms with Crippen molar-refractivity contribution in [2.24, 2.45) is 0 Å². The van der Waals surface area contributed by atoms with Crippen molar-refractivity contribution in [3.8, 4) is 0 Å². The Labute approximate surface area is 70.2 Å². The van der Waals surface area contributed by atoms with Gasteiger partial charge in [0.2, 0.25) is 0 Å². The first-order valence-corrected chi connectivity index (χ1v) is 3.85. The zero-order chi connectivity index (χ0) is 8.55. The molecule has 12 heavy (non-hydrogen) atoms. The first-order valence-electron chi connectivity index (χ1n) is 3.85. The summed E-state index contributed by atoms with van der Waals surface area (Å²) in [5, 5.41) is 1.00. The molecule has 0 fully saturated rings. The van der Waals surface area contributed by atoms with Gasteiger partial charge in [0, 0.05) is 22.7 Å². The van der Waals surface area contributed by atoms with E-state index in [0.717, 1.165) is 22.8 Å². The maximum Gasteiger partial charge on any atom is 0.152 e. The molecule has 1 aromatic carbocycles. The number of carbonyl (C=O) groups excluding carboxylic acids is 1. The van der Waals surface area contributed by atoms with Crippen LogP contribution in [0.25, 0.3) is 10.9 Å². The summed E-state index contributed by atoms with van der Waals surface area (Å²) < 4.78 is 0. The molecule has 1 aromatic heterocycles. The van der Waals surface area contributed by atoms with Crippen molar-refractivity contribution in [2.75, 3.05) is 0 Å². The quantitative estimate of drug-likeness (QED) is 0.636. The van der Waals surface area contributed by atoms with Gasteiger partial charge >= 0.3 is 0 Å². The predicted molar refractivity (Wildman–Crippen MR) is 48.4 cm³/mol. The highest BCUT2D eigenvalue weighted by Crippen LogP contribution is 2.19. The van der Waals surface area contributed by atoms with Crippen LogP contribution in [0.5, 0.6) is 0 Å². The molecule has 2 nitrogen and oxygen atoms in total. The number of rotatable bonds is 1. The lowest BCUT2D eigenvalue weighted by atomic mass is 10.1. The van der Waals surface area contributed by atoms with Crippen molar-refractivity contribution in [1.82, 2.24) is 4.98 Å². The monoisotopic (exact) mass is 159 g/mol. The minimum atomic E-state index is 0.730. The Hall–Kier alpha value is -1.57. The van der Waals surface area contributed by atoms with Crippen LogP contribution in [-0.4, -0.2) is 11.3 Å². The smallest absolute Gasteiger partial charge is 0.152 e. The second kappa shape index (κ2) is 2.48. The standard InChI is InChI=1S/C10H9NO/c1-7-3-2-4-9-8(6-12)5-11-10(7)9/h2-6,11H,1H3. The summed E-state index contributed by atoms with van der Waals surface area (Å²) >= 11 is 0. The molecule has 1 heterocycles. The first kappa shape index (κ1) is 7.10. The molecular weight excluding hydrogens is 150 g/mol. The third-order valence-corrected chi connectivity index (χ3v) is 2.08. The second-order valence-electron chi connectivity index (χ2n) is 2.86. The van der Waals surface area contributed by atoms with Gasteiger partial charge in [0.15, 0.2) is 6.29 Å². The molecule has 0 saturated heterocycles. The van der Waals surface area contributed by atoms with E-state index in [-0.39, 0.29) is 0 Å². The van der Waals surface area contributed by atoms with Crippen molar-refractivity contribution < 1.29 is 4.79 Å². The number of aromatic nitrogens is 1. The van der Waals surface area contributed by atoms with E-state index < -0.39 is 0 Å². The van der Waals surface area contributed by atoms with Gasteiger partial charge < -0.3 is 4.98 Å². The Morgan fingerprint density at radius 1 is 1.42 bits per heavy atom. The molecule has 0 unspecified atom stereocenters. The Morgan fingerprint density at radius 2 is 2.25 bits per heavy atom. The molecule has 2 rings (SSSR count). The molecule has 2 heteroatoms. The third kappa shape index (κ3) is 0.848. The molecule has 0 aliphatic heterocycles. The number of para-hydroxylation sites is 1. The zero-order valence-electron chi connectivity index (χ0n) is 6.79. The van der Waals surface area contributed by atoms with Gasteiger partial charge in [-0.3, -0.25) is 4.79 Å². The Morgan fingerprint density at radius 3 is 3.00 bits per heavy atom. The highest BCUT2D eigenvalue weighted by atomic mass is 16.1. The first-order chi connectivity index (χ1) is 5.83. The van der Waals surface area contributed by atoms with Crippen LogP contribution in [0.4, 0.5) is 0 Å². The predicted octanol–water partition coefficient (Wildman–Crippen LogP) is 2.29. The number of hydrogen-bond acceptors (Lipinski definition) is 1. The molecule has 0 atom stereocenters. The van der Waals surface area contributed by atoms with E-state index >= 15 is 0 Å². The van der Waals surface area contributed by atoms with E-state index in [1.54, 1.807) is 6.20 Å². The minimum Gasteiger partial charge on any atom is -0.360 e. The number of hydrogen-bond donors (Lipinski definition) is 1. The van der Waals surface area contributed by atoms with Crippen molar-refractivity contribution in [1.29, 1.82) is 0 Å².